The molecule has 0 spiro atoms. The van der Waals surface area contributed by atoms with Gasteiger partial charge >= 0.3 is 11.9 Å². The Morgan fingerprint density at radius 1 is 1.18 bits per heavy atom. The van der Waals surface area contributed by atoms with Gasteiger partial charge in [-0.15, -0.1) is 0 Å². The van der Waals surface area contributed by atoms with E-state index < -0.39 is 29.1 Å². The summed E-state index contributed by atoms with van der Waals surface area (Å²) in [6.45, 7) is 0. The van der Waals surface area contributed by atoms with Crippen molar-refractivity contribution in [1.82, 2.24) is 0 Å². The second kappa shape index (κ2) is 5.20. The summed E-state index contributed by atoms with van der Waals surface area (Å²) in [5.74, 6) is -4.67. The van der Waals surface area contributed by atoms with Gasteiger partial charge < -0.3 is 10.2 Å². The molecule has 0 atom stereocenters. The maximum atomic E-state index is 13.3. The van der Waals surface area contributed by atoms with Crippen LogP contribution in [0.2, 0.25) is 0 Å². The van der Waals surface area contributed by atoms with E-state index in [0.717, 1.165) is 12.2 Å². The van der Waals surface area contributed by atoms with Crippen LogP contribution in [0, 0.1) is 11.6 Å². The molecule has 0 aromatic heterocycles. The quantitative estimate of drug-likeness (QED) is 0.848. The number of rotatable bonds is 4. The van der Waals surface area contributed by atoms with E-state index in [4.69, 9.17) is 10.2 Å². The number of aliphatic carboxylic acids is 1. The fourth-order valence-electron chi connectivity index (χ4n) is 1.14. The van der Waals surface area contributed by atoms with Crippen LogP contribution in [0.1, 0.15) is 22.3 Å². The number of hydrogen-bond donors (Lipinski definition) is 2. The molecule has 0 heterocycles. The maximum absolute atomic E-state index is 13.3. The van der Waals surface area contributed by atoms with Crippen LogP contribution in [0.4, 0.5) is 8.78 Å². The molecule has 0 saturated carbocycles. The molecule has 0 saturated heterocycles. The van der Waals surface area contributed by atoms with Gasteiger partial charge in [-0.2, -0.15) is 0 Å². The van der Waals surface area contributed by atoms with Gasteiger partial charge in [0.25, 0.3) is 0 Å². The average Bonchev–Trinajstić information content (AvgIpc) is 2.21. The Kier molecular flexibility index (Phi) is 3.92. The van der Waals surface area contributed by atoms with Crippen molar-refractivity contribution in [3.63, 3.8) is 0 Å². The Bertz CT molecular complexity index is 494. The van der Waals surface area contributed by atoms with E-state index in [1.807, 2.05) is 0 Å². The Balaban J connectivity index is 3.03. The molecule has 1 rings (SSSR count). The summed E-state index contributed by atoms with van der Waals surface area (Å²) in [7, 11) is 0. The summed E-state index contributed by atoms with van der Waals surface area (Å²) in [5, 5.41) is 16.9. The predicted molar refractivity (Wildman–Crippen MR) is 54.6 cm³/mol. The molecule has 17 heavy (non-hydrogen) atoms. The van der Waals surface area contributed by atoms with Gasteiger partial charge in [0, 0.05) is 5.56 Å². The lowest BCUT2D eigenvalue weighted by Crippen LogP contribution is -2.02. The van der Waals surface area contributed by atoms with Gasteiger partial charge in [-0.05, 0) is 12.1 Å². The van der Waals surface area contributed by atoms with Gasteiger partial charge in [-0.3, -0.25) is 4.79 Å². The van der Waals surface area contributed by atoms with E-state index in [1.165, 1.54) is 0 Å². The molecule has 1 aromatic rings. The lowest BCUT2D eigenvalue weighted by molar-refractivity contribution is -0.135. The highest BCUT2D eigenvalue weighted by molar-refractivity contribution is 5.88. The van der Waals surface area contributed by atoms with E-state index in [0.29, 0.717) is 12.1 Å². The molecular weight excluding hydrogens is 234 g/mol. The molecule has 4 nitrogen and oxygen atoms in total. The molecule has 0 amide bonds. The lowest BCUT2D eigenvalue weighted by Gasteiger charge is -2.01. The first-order valence-corrected chi connectivity index (χ1v) is 4.52. The van der Waals surface area contributed by atoms with Crippen molar-refractivity contribution >= 4 is 18.0 Å². The molecule has 2 N–H and O–H groups in total. The van der Waals surface area contributed by atoms with Gasteiger partial charge in [0.2, 0.25) is 0 Å². The minimum Gasteiger partial charge on any atom is -0.481 e. The van der Waals surface area contributed by atoms with Crippen molar-refractivity contribution in [2.75, 3.05) is 0 Å². The second-order valence-corrected chi connectivity index (χ2v) is 3.16. The molecule has 0 aliphatic carbocycles. The van der Waals surface area contributed by atoms with Gasteiger partial charge in [-0.1, -0.05) is 12.2 Å². The number of aromatic carboxylic acids is 1. The van der Waals surface area contributed by atoms with Gasteiger partial charge in [-0.25, -0.2) is 13.6 Å². The zero-order valence-electron chi connectivity index (χ0n) is 8.48. The topological polar surface area (TPSA) is 74.6 Å². The smallest absolute Gasteiger partial charge is 0.338 e. The summed E-state index contributed by atoms with van der Waals surface area (Å²) in [4.78, 5) is 20.7. The van der Waals surface area contributed by atoms with Crippen molar-refractivity contribution in [2.45, 2.75) is 6.42 Å². The molecule has 6 heteroatoms. The number of benzene rings is 1. The van der Waals surface area contributed by atoms with Gasteiger partial charge in [0.1, 0.15) is 11.6 Å². The number of carboxylic acids is 2. The van der Waals surface area contributed by atoms with Crippen LogP contribution in [0.25, 0.3) is 6.08 Å². The Morgan fingerprint density at radius 3 is 2.35 bits per heavy atom. The number of carboxylic acid groups (broad SMARTS) is 2. The third-order valence-corrected chi connectivity index (χ3v) is 1.91. The predicted octanol–water partition coefficient (Wildman–Crippen LogP) is 2.15. The van der Waals surface area contributed by atoms with Crippen LogP contribution in [0.5, 0.6) is 0 Å². The van der Waals surface area contributed by atoms with Crippen molar-refractivity contribution in [1.29, 1.82) is 0 Å². The zero-order valence-corrected chi connectivity index (χ0v) is 8.48. The average molecular weight is 242 g/mol. The molecule has 0 radical (unpaired) electrons. The Morgan fingerprint density at radius 2 is 1.82 bits per heavy atom. The lowest BCUT2D eigenvalue weighted by atomic mass is 10.1. The monoisotopic (exact) mass is 242 g/mol. The van der Waals surface area contributed by atoms with Crippen LogP contribution in [0.3, 0.4) is 0 Å². The van der Waals surface area contributed by atoms with Crippen LogP contribution < -0.4 is 0 Å². The number of carbonyl (C=O) groups is 2. The number of hydrogen-bond acceptors (Lipinski definition) is 2. The summed E-state index contributed by atoms with van der Waals surface area (Å²) in [6.07, 6.45) is 1.89. The van der Waals surface area contributed by atoms with Crippen LogP contribution >= 0.6 is 0 Å². The normalized spacial score (nSPS) is 10.7. The Labute approximate surface area is 94.8 Å². The van der Waals surface area contributed by atoms with E-state index in [-0.39, 0.29) is 12.0 Å². The first-order chi connectivity index (χ1) is 7.91. The van der Waals surface area contributed by atoms with Crippen LogP contribution in [-0.4, -0.2) is 22.2 Å². The van der Waals surface area contributed by atoms with E-state index in [1.54, 1.807) is 0 Å². The van der Waals surface area contributed by atoms with Crippen LogP contribution in [0.15, 0.2) is 18.2 Å². The molecular formula is C11H8F2O4. The van der Waals surface area contributed by atoms with Crippen molar-refractivity contribution < 1.29 is 28.6 Å². The Hall–Kier alpha value is -2.24. The van der Waals surface area contributed by atoms with Gasteiger partial charge in [0.15, 0.2) is 0 Å². The molecule has 1 aromatic carbocycles. The zero-order chi connectivity index (χ0) is 13.0. The van der Waals surface area contributed by atoms with Crippen molar-refractivity contribution in [3.8, 4) is 0 Å². The number of halogens is 2. The van der Waals surface area contributed by atoms with Crippen molar-refractivity contribution in [2.24, 2.45) is 0 Å². The molecule has 0 aliphatic heterocycles. The molecule has 0 bridgehead atoms. The van der Waals surface area contributed by atoms with E-state index >= 15 is 0 Å². The molecule has 0 unspecified atom stereocenters. The first-order valence-electron chi connectivity index (χ1n) is 4.52. The summed E-state index contributed by atoms with van der Waals surface area (Å²) in [5.41, 5.74) is -0.966. The fourth-order valence-corrected chi connectivity index (χ4v) is 1.14. The summed E-state index contributed by atoms with van der Waals surface area (Å²) in [6, 6.07) is 1.26. The molecule has 0 fully saturated rings. The minimum absolute atomic E-state index is 0.200. The first kappa shape index (κ1) is 12.8. The molecule has 0 aliphatic rings. The third-order valence-electron chi connectivity index (χ3n) is 1.91. The summed E-state index contributed by atoms with van der Waals surface area (Å²) >= 11 is 0. The maximum Gasteiger partial charge on any atom is 0.338 e. The SMILES string of the molecule is O=C(O)CC=Cc1cc(F)c(C(=O)O)cc1F. The second-order valence-electron chi connectivity index (χ2n) is 3.16. The highest BCUT2D eigenvalue weighted by Crippen LogP contribution is 2.16. The highest BCUT2D eigenvalue weighted by Gasteiger charge is 2.13. The van der Waals surface area contributed by atoms with E-state index in [9.17, 15) is 18.4 Å². The standard InChI is InChI=1S/C11H8F2O4/c12-8-5-7(11(16)17)9(13)4-6(8)2-1-3-10(14)15/h1-2,4-5H,3H2,(H,14,15)(H,16,17). The molecule has 90 valence electrons. The highest BCUT2D eigenvalue weighted by atomic mass is 19.1. The third kappa shape index (κ3) is 3.37. The fraction of sp³-hybridized carbons (Fsp3) is 0.0909. The van der Waals surface area contributed by atoms with E-state index in [2.05, 4.69) is 0 Å². The minimum atomic E-state index is -1.57. The van der Waals surface area contributed by atoms with Gasteiger partial charge in [0.05, 0.1) is 12.0 Å². The largest absolute Gasteiger partial charge is 0.481 e. The van der Waals surface area contributed by atoms with Crippen LogP contribution in [-0.2, 0) is 4.79 Å². The van der Waals surface area contributed by atoms with Crippen molar-refractivity contribution in [3.05, 3.63) is 41.0 Å². The summed E-state index contributed by atoms with van der Waals surface area (Å²) < 4.78 is 26.5.